The maximum atomic E-state index is 5.01. The lowest BCUT2D eigenvalue weighted by Gasteiger charge is -2.09. The van der Waals surface area contributed by atoms with Crippen LogP contribution in [0.2, 0.25) is 0 Å². The monoisotopic (exact) mass is 472 g/mol. The molecule has 0 saturated heterocycles. The third-order valence-corrected chi connectivity index (χ3v) is 5.83. The molecule has 2 aromatic heterocycles. The fourth-order valence-corrected chi connectivity index (χ4v) is 4.18. The Kier molecular flexibility index (Phi) is 4.45. The summed E-state index contributed by atoms with van der Waals surface area (Å²) in [5, 5.41) is 0. The van der Waals surface area contributed by atoms with Gasteiger partial charge in [0.1, 0.15) is 5.65 Å². The third-order valence-electron chi connectivity index (χ3n) is 4.89. The summed E-state index contributed by atoms with van der Waals surface area (Å²) in [4.78, 5) is 5.01. The molecule has 3 heteroatoms. The van der Waals surface area contributed by atoms with Crippen LogP contribution in [0.1, 0.15) is 0 Å². The standard InChI is InChI=1S/C25H17IN2/c26-23-14-8-7-13-21(23)24-17-28-16-20(18-9-3-1-4-10-18)15-22(25(28)27-24)19-11-5-2-6-12-19/h1-17H. The molecule has 0 unspecified atom stereocenters. The number of hydrogen-bond acceptors (Lipinski definition) is 1. The van der Waals surface area contributed by atoms with E-state index in [1.165, 1.54) is 20.3 Å². The van der Waals surface area contributed by atoms with Gasteiger partial charge in [-0.3, -0.25) is 0 Å². The summed E-state index contributed by atoms with van der Waals surface area (Å²) < 4.78 is 3.36. The maximum Gasteiger partial charge on any atom is 0.145 e. The van der Waals surface area contributed by atoms with Crippen molar-refractivity contribution in [3.63, 3.8) is 0 Å². The topological polar surface area (TPSA) is 17.3 Å². The van der Waals surface area contributed by atoms with E-state index >= 15 is 0 Å². The van der Waals surface area contributed by atoms with E-state index in [1.54, 1.807) is 0 Å². The largest absolute Gasteiger partial charge is 0.305 e. The van der Waals surface area contributed by atoms with E-state index in [0.29, 0.717) is 0 Å². The zero-order valence-electron chi connectivity index (χ0n) is 15.1. The van der Waals surface area contributed by atoms with E-state index in [9.17, 15) is 0 Å². The summed E-state index contributed by atoms with van der Waals surface area (Å²) in [6, 6.07) is 31.6. The fourth-order valence-electron chi connectivity index (χ4n) is 3.52. The van der Waals surface area contributed by atoms with Crippen LogP contribution in [0.25, 0.3) is 39.2 Å². The van der Waals surface area contributed by atoms with Crippen LogP contribution in [0.3, 0.4) is 0 Å². The van der Waals surface area contributed by atoms with E-state index in [4.69, 9.17) is 4.98 Å². The molecule has 134 valence electrons. The van der Waals surface area contributed by atoms with Gasteiger partial charge in [0.2, 0.25) is 0 Å². The van der Waals surface area contributed by atoms with Crippen LogP contribution in [0.5, 0.6) is 0 Å². The number of pyridine rings is 1. The van der Waals surface area contributed by atoms with Crippen molar-refractivity contribution in [3.05, 3.63) is 107 Å². The molecule has 0 saturated carbocycles. The minimum atomic E-state index is 0.973. The highest BCUT2D eigenvalue weighted by atomic mass is 127. The van der Waals surface area contributed by atoms with Gasteiger partial charge in [-0.25, -0.2) is 4.98 Å². The Morgan fingerprint density at radius 3 is 1.96 bits per heavy atom. The van der Waals surface area contributed by atoms with Crippen molar-refractivity contribution < 1.29 is 0 Å². The molecule has 0 amide bonds. The molecule has 5 rings (SSSR count). The lowest BCUT2D eigenvalue weighted by Crippen LogP contribution is -1.90. The second-order valence-corrected chi connectivity index (χ2v) is 7.87. The zero-order valence-corrected chi connectivity index (χ0v) is 17.2. The van der Waals surface area contributed by atoms with E-state index in [1.807, 2.05) is 12.1 Å². The van der Waals surface area contributed by atoms with E-state index in [-0.39, 0.29) is 0 Å². The van der Waals surface area contributed by atoms with Crippen molar-refractivity contribution in [2.75, 3.05) is 0 Å². The molecule has 0 radical (unpaired) electrons. The van der Waals surface area contributed by atoms with Crippen LogP contribution < -0.4 is 0 Å². The smallest absolute Gasteiger partial charge is 0.145 e. The molecule has 5 aromatic rings. The van der Waals surface area contributed by atoms with Crippen LogP contribution >= 0.6 is 22.6 Å². The lowest BCUT2D eigenvalue weighted by atomic mass is 10.0. The van der Waals surface area contributed by atoms with Crippen molar-refractivity contribution in [3.8, 4) is 33.5 Å². The highest BCUT2D eigenvalue weighted by molar-refractivity contribution is 14.1. The zero-order chi connectivity index (χ0) is 18.9. The molecule has 0 N–H and O–H groups in total. The molecule has 2 nitrogen and oxygen atoms in total. The maximum absolute atomic E-state index is 5.01. The first-order valence-corrected chi connectivity index (χ1v) is 10.3. The molecule has 0 spiro atoms. The summed E-state index contributed by atoms with van der Waals surface area (Å²) in [5.74, 6) is 0. The van der Waals surface area contributed by atoms with Gasteiger partial charge in [-0.2, -0.15) is 0 Å². The molecule has 3 aromatic carbocycles. The number of fused-ring (bicyclic) bond motifs is 1. The number of aromatic nitrogens is 2. The van der Waals surface area contributed by atoms with Gasteiger partial charge in [0, 0.05) is 27.1 Å². The van der Waals surface area contributed by atoms with Gasteiger partial charge in [-0.15, -0.1) is 0 Å². The summed E-state index contributed by atoms with van der Waals surface area (Å²) >= 11 is 2.38. The van der Waals surface area contributed by atoms with Crippen molar-refractivity contribution in [1.82, 2.24) is 9.38 Å². The summed E-state index contributed by atoms with van der Waals surface area (Å²) in [6.45, 7) is 0. The Bertz CT molecular complexity index is 1260. The molecule has 0 atom stereocenters. The molecule has 28 heavy (non-hydrogen) atoms. The second-order valence-electron chi connectivity index (χ2n) is 6.71. The molecular formula is C25H17IN2. The Morgan fingerprint density at radius 1 is 0.607 bits per heavy atom. The first-order valence-electron chi connectivity index (χ1n) is 9.18. The Balaban J connectivity index is 1.78. The SMILES string of the molecule is Ic1ccccc1-c1cn2cc(-c3ccccc3)cc(-c3ccccc3)c2n1. The minimum absolute atomic E-state index is 0.973. The molecule has 0 bridgehead atoms. The molecule has 0 fully saturated rings. The van der Waals surface area contributed by atoms with E-state index in [2.05, 4.69) is 118 Å². The van der Waals surface area contributed by atoms with Gasteiger partial charge in [0.15, 0.2) is 0 Å². The first kappa shape index (κ1) is 17.2. The normalized spacial score (nSPS) is 11.0. The highest BCUT2D eigenvalue weighted by Gasteiger charge is 2.13. The quantitative estimate of drug-likeness (QED) is 0.260. The molecular weight excluding hydrogens is 455 g/mol. The number of benzene rings is 3. The summed E-state index contributed by atoms with van der Waals surface area (Å²) in [5.41, 5.74) is 7.81. The number of halogens is 1. The van der Waals surface area contributed by atoms with Gasteiger partial charge in [0.25, 0.3) is 0 Å². The summed E-state index contributed by atoms with van der Waals surface area (Å²) in [6.07, 6.45) is 4.30. The lowest BCUT2D eigenvalue weighted by molar-refractivity contribution is 1.19. The molecule has 0 aliphatic carbocycles. The van der Waals surface area contributed by atoms with Crippen LogP contribution in [-0.4, -0.2) is 9.38 Å². The molecule has 2 heterocycles. The second kappa shape index (κ2) is 7.24. The van der Waals surface area contributed by atoms with Crippen molar-refractivity contribution in [1.29, 1.82) is 0 Å². The fraction of sp³-hybridized carbons (Fsp3) is 0. The Labute approximate surface area is 177 Å². The van der Waals surface area contributed by atoms with Gasteiger partial charge >= 0.3 is 0 Å². The first-order chi connectivity index (χ1) is 13.8. The Morgan fingerprint density at radius 2 is 1.25 bits per heavy atom. The molecule has 0 aliphatic rings. The van der Waals surface area contributed by atoms with Crippen LogP contribution in [0.4, 0.5) is 0 Å². The van der Waals surface area contributed by atoms with E-state index < -0.39 is 0 Å². The number of hydrogen-bond donors (Lipinski definition) is 0. The van der Waals surface area contributed by atoms with Crippen LogP contribution in [-0.2, 0) is 0 Å². The van der Waals surface area contributed by atoms with Gasteiger partial charge in [-0.1, -0.05) is 78.9 Å². The van der Waals surface area contributed by atoms with Gasteiger partial charge < -0.3 is 4.40 Å². The van der Waals surface area contributed by atoms with Gasteiger partial charge in [-0.05, 0) is 51.4 Å². The van der Waals surface area contributed by atoms with Crippen molar-refractivity contribution in [2.24, 2.45) is 0 Å². The van der Waals surface area contributed by atoms with Crippen molar-refractivity contribution in [2.45, 2.75) is 0 Å². The number of rotatable bonds is 3. The minimum Gasteiger partial charge on any atom is -0.305 e. The molecule has 0 aliphatic heterocycles. The van der Waals surface area contributed by atoms with Crippen molar-refractivity contribution >= 4 is 28.2 Å². The number of nitrogens with zero attached hydrogens (tertiary/aromatic N) is 2. The predicted molar refractivity (Wildman–Crippen MR) is 124 cm³/mol. The highest BCUT2D eigenvalue weighted by Crippen LogP contribution is 2.32. The predicted octanol–water partition coefficient (Wildman–Crippen LogP) is 6.94. The Hall–Kier alpha value is -2.92. The van der Waals surface area contributed by atoms with E-state index in [0.717, 1.165) is 22.5 Å². The summed E-state index contributed by atoms with van der Waals surface area (Å²) in [7, 11) is 0. The average molecular weight is 472 g/mol. The van der Waals surface area contributed by atoms with Crippen LogP contribution in [0, 0.1) is 3.57 Å². The number of imidazole rings is 1. The van der Waals surface area contributed by atoms with Crippen LogP contribution in [0.15, 0.2) is 103 Å². The average Bonchev–Trinajstić information content (AvgIpc) is 3.18. The van der Waals surface area contributed by atoms with Gasteiger partial charge in [0.05, 0.1) is 5.69 Å². The third kappa shape index (κ3) is 3.12.